The van der Waals surface area contributed by atoms with Gasteiger partial charge in [0.15, 0.2) is 0 Å². The summed E-state index contributed by atoms with van der Waals surface area (Å²) in [7, 11) is 0. The van der Waals surface area contributed by atoms with Crippen molar-refractivity contribution in [3.63, 3.8) is 0 Å². The maximum atomic E-state index is 10.2. The van der Waals surface area contributed by atoms with Crippen LogP contribution in [0.15, 0.2) is 0 Å². The number of unbranched alkanes of at least 4 members (excludes halogenated alkanes) is 17. The van der Waals surface area contributed by atoms with Gasteiger partial charge in [-0.2, -0.15) is 0 Å². The maximum absolute atomic E-state index is 10.2. The number of aliphatic carboxylic acids is 1. The first-order valence-electron chi connectivity index (χ1n) is 15.2. The molecule has 198 valence electrons. The molecule has 0 aliphatic carbocycles. The van der Waals surface area contributed by atoms with Crippen LogP contribution < -0.4 is 5.11 Å². The average molecular weight is 574 g/mol. The molecule has 0 spiro atoms. The van der Waals surface area contributed by atoms with Gasteiger partial charge < -0.3 is 9.90 Å². The number of carbonyl (C=O) groups excluding carboxylic acids is 1. The predicted molar refractivity (Wildman–Crippen MR) is 149 cm³/mol. The predicted octanol–water partition coefficient (Wildman–Crippen LogP) is 9.88. The molecular formula is C30H62O2Sn. The zero-order chi connectivity index (χ0) is 24.8. The number of hydrogen-bond donors (Lipinski definition) is 0. The first-order valence-corrected chi connectivity index (χ1v) is 21.2. The van der Waals surface area contributed by atoms with Crippen molar-refractivity contribution in [3.8, 4) is 0 Å². The number of hydrogen-bond acceptors (Lipinski definition) is 2. The zero-order valence-electron chi connectivity index (χ0n) is 23.5. The van der Waals surface area contributed by atoms with Crippen molar-refractivity contribution in [2.24, 2.45) is 0 Å². The van der Waals surface area contributed by atoms with Crippen molar-refractivity contribution in [1.29, 1.82) is 0 Å². The van der Waals surface area contributed by atoms with Crippen molar-refractivity contribution >= 4 is 25.7 Å². The third-order valence-corrected chi connectivity index (χ3v) is 15.7. The van der Waals surface area contributed by atoms with Gasteiger partial charge in [0.05, 0.1) is 0 Å². The summed E-state index contributed by atoms with van der Waals surface area (Å²) in [5.74, 6) is -0.903. The normalized spacial score (nSPS) is 10.7. The molecular weight excluding hydrogens is 511 g/mol. The fourth-order valence-electron chi connectivity index (χ4n) is 4.30. The summed E-state index contributed by atoms with van der Waals surface area (Å²) in [6.07, 6.45) is 28.7. The van der Waals surface area contributed by atoms with Gasteiger partial charge >= 0.3 is 92.4 Å². The van der Waals surface area contributed by atoms with E-state index in [-0.39, 0.29) is 6.42 Å². The Bertz CT molecular complexity index is 340. The van der Waals surface area contributed by atoms with E-state index in [0.29, 0.717) is 0 Å². The van der Waals surface area contributed by atoms with Crippen molar-refractivity contribution < 1.29 is 9.90 Å². The Balaban J connectivity index is 0. The van der Waals surface area contributed by atoms with Crippen LogP contribution in [-0.2, 0) is 4.79 Å². The number of carbonyl (C=O) groups is 1. The second-order valence-electron chi connectivity index (χ2n) is 10.1. The van der Waals surface area contributed by atoms with Crippen LogP contribution in [0.1, 0.15) is 169 Å². The second-order valence-corrected chi connectivity index (χ2v) is 18.7. The molecule has 0 aromatic rings. The Kier molecular flexibility index (Phi) is 34.6. The van der Waals surface area contributed by atoms with Crippen LogP contribution in [0.25, 0.3) is 0 Å². The quantitative estimate of drug-likeness (QED) is 0.0806. The van der Waals surface area contributed by atoms with E-state index in [0.717, 1.165) is 12.8 Å². The molecule has 0 aliphatic heterocycles. The Morgan fingerprint density at radius 2 is 0.727 bits per heavy atom. The fraction of sp³-hybridized carbons (Fsp3) is 0.967. The summed E-state index contributed by atoms with van der Waals surface area (Å²) >= 11 is -0.839. The van der Waals surface area contributed by atoms with Crippen molar-refractivity contribution in [3.05, 3.63) is 0 Å². The minimum absolute atomic E-state index is 0.234. The Morgan fingerprint density at radius 3 is 1.00 bits per heavy atom. The van der Waals surface area contributed by atoms with Gasteiger partial charge in [-0.15, -0.1) is 0 Å². The molecule has 0 unspecified atom stereocenters. The summed E-state index contributed by atoms with van der Waals surface area (Å²) in [5, 5.41) is 10.2. The molecule has 0 atom stereocenters. The van der Waals surface area contributed by atoms with Gasteiger partial charge in [-0.3, -0.25) is 0 Å². The van der Waals surface area contributed by atoms with Gasteiger partial charge in [0, 0.05) is 5.97 Å². The van der Waals surface area contributed by atoms with E-state index in [1.54, 1.807) is 13.3 Å². The molecule has 2 nitrogen and oxygen atoms in total. The fourth-order valence-corrected chi connectivity index (χ4v) is 13.7. The van der Waals surface area contributed by atoms with Crippen LogP contribution >= 0.6 is 0 Å². The van der Waals surface area contributed by atoms with Crippen molar-refractivity contribution in [2.75, 3.05) is 0 Å². The Morgan fingerprint density at radius 1 is 0.455 bits per heavy atom. The van der Waals surface area contributed by atoms with Gasteiger partial charge in [0.25, 0.3) is 0 Å². The van der Waals surface area contributed by atoms with E-state index in [1.165, 1.54) is 122 Å². The number of carboxylic acid groups (broad SMARTS) is 1. The van der Waals surface area contributed by atoms with Gasteiger partial charge in [-0.1, -0.05) is 96.8 Å². The average Bonchev–Trinajstić information content (AvgIpc) is 2.81. The molecule has 0 bridgehead atoms. The molecule has 3 heteroatoms. The molecule has 0 aromatic heterocycles. The van der Waals surface area contributed by atoms with E-state index < -0.39 is 25.7 Å². The second kappa shape index (κ2) is 32.3. The topological polar surface area (TPSA) is 40.1 Å². The molecule has 0 amide bonds. The summed E-state index contributed by atoms with van der Waals surface area (Å²) < 4.78 is 5.04. The standard InChI is InChI=1S/C18H36O2.3C4H9.Sn/c1-2-3-4-5-6-7-8-9-10-11-12-13-14-15-16-17-18(19)20;3*1-3-4-2;/h2-17H2,1H3,(H,19,20);3*1,3-4H2,2H3;/q;;;;+1/p-1. The van der Waals surface area contributed by atoms with Crippen molar-refractivity contribution in [2.45, 2.75) is 182 Å². The third kappa shape index (κ3) is 34.5. The van der Waals surface area contributed by atoms with E-state index in [4.69, 9.17) is 0 Å². The molecule has 0 aliphatic rings. The van der Waals surface area contributed by atoms with E-state index in [9.17, 15) is 9.90 Å². The monoisotopic (exact) mass is 574 g/mol. The zero-order valence-corrected chi connectivity index (χ0v) is 26.3. The van der Waals surface area contributed by atoms with E-state index in [2.05, 4.69) is 27.7 Å². The van der Waals surface area contributed by atoms with Gasteiger partial charge in [0.2, 0.25) is 0 Å². The van der Waals surface area contributed by atoms with Crippen LogP contribution in [0.5, 0.6) is 0 Å². The SMILES string of the molecule is CCCCCCCCCCCCCCCCCC(=O)[O-].CCC[CH2][Sn+]([CH2]CCC)[CH2]CCC. The summed E-state index contributed by atoms with van der Waals surface area (Å²) in [6, 6.07) is 0. The summed E-state index contributed by atoms with van der Waals surface area (Å²) in [5.41, 5.74) is 0. The van der Waals surface area contributed by atoms with E-state index in [1.807, 2.05) is 0 Å². The molecule has 0 radical (unpaired) electrons. The first-order chi connectivity index (χ1) is 16.1. The molecule has 0 N–H and O–H groups in total. The van der Waals surface area contributed by atoms with Crippen molar-refractivity contribution in [1.82, 2.24) is 0 Å². The van der Waals surface area contributed by atoms with Crippen LogP contribution in [0, 0.1) is 0 Å². The summed E-state index contributed by atoms with van der Waals surface area (Å²) in [6.45, 7) is 9.27. The molecule has 0 saturated heterocycles. The molecule has 0 rings (SSSR count). The third-order valence-electron chi connectivity index (χ3n) is 6.64. The Labute approximate surface area is 217 Å². The number of rotatable bonds is 25. The van der Waals surface area contributed by atoms with Crippen LogP contribution in [-0.4, -0.2) is 25.7 Å². The summed E-state index contributed by atoms with van der Waals surface area (Å²) in [4.78, 5) is 10.2. The molecule has 0 aromatic carbocycles. The molecule has 0 heterocycles. The molecule has 33 heavy (non-hydrogen) atoms. The van der Waals surface area contributed by atoms with E-state index >= 15 is 0 Å². The van der Waals surface area contributed by atoms with Crippen LogP contribution in [0.3, 0.4) is 0 Å². The van der Waals surface area contributed by atoms with Gasteiger partial charge in [0.1, 0.15) is 0 Å². The molecule has 0 fully saturated rings. The van der Waals surface area contributed by atoms with Crippen LogP contribution in [0.2, 0.25) is 13.3 Å². The molecule has 0 saturated carbocycles. The van der Waals surface area contributed by atoms with Gasteiger partial charge in [-0.05, 0) is 12.8 Å². The number of carboxylic acids is 1. The van der Waals surface area contributed by atoms with Crippen LogP contribution in [0.4, 0.5) is 0 Å². The first kappa shape index (κ1) is 35.4. The minimum atomic E-state index is -0.903. The van der Waals surface area contributed by atoms with Gasteiger partial charge in [-0.25, -0.2) is 0 Å². The Hall–Kier alpha value is 0.269.